The number of hydrogen-bond acceptors (Lipinski definition) is 2. The first-order valence-corrected chi connectivity index (χ1v) is 8.27. The maximum Gasteiger partial charge on any atom is 0.416 e. The number of thioether (sulfide) groups is 1. The maximum absolute atomic E-state index is 13.3. The minimum Gasteiger partial charge on any atom is -0.322 e. The van der Waals surface area contributed by atoms with Gasteiger partial charge in [-0.25, -0.2) is 4.39 Å². The highest BCUT2D eigenvalue weighted by atomic mass is 32.2. The first kappa shape index (κ1) is 16.8. The molecule has 0 spiro atoms. The molecule has 24 heavy (non-hydrogen) atoms. The molecule has 0 saturated carbocycles. The molecule has 2 aromatic rings. The number of alkyl halides is 3. The van der Waals surface area contributed by atoms with Crippen molar-refractivity contribution in [2.24, 2.45) is 0 Å². The van der Waals surface area contributed by atoms with E-state index >= 15 is 0 Å². The molecule has 0 aliphatic carbocycles. The smallest absolute Gasteiger partial charge is 0.322 e. The average Bonchev–Trinajstić information content (AvgIpc) is 3.03. The van der Waals surface area contributed by atoms with Gasteiger partial charge in [0.05, 0.1) is 5.56 Å². The Kier molecular flexibility index (Phi) is 4.54. The van der Waals surface area contributed by atoms with Crippen molar-refractivity contribution in [1.29, 1.82) is 0 Å². The van der Waals surface area contributed by atoms with Crippen molar-refractivity contribution in [3.8, 4) is 0 Å². The van der Waals surface area contributed by atoms with Crippen LogP contribution in [0.3, 0.4) is 0 Å². The van der Waals surface area contributed by atoms with Gasteiger partial charge < -0.3 is 4.90 Å². The van der Waals surface area contributed by atoms with Crippen molar-refractivity contribution >= 4 is 17.7 Å². The van der Waals surface area contributed by atoms with Crippen LogP contribution in [0.25, 0.3) is 0 Å². The van der Waals surface area contributed by atoms with E-state index in [2.05, 4.69) is 0 Å². The Bertz CT molecular complexity index is 762. The zero-order valence-electron chi connectivity index (χ0n) is 12.4. The van der Waals surface area contributed by atoms with Crippen molar-refractivity contribution in [3.63, 3.8) is 0 Å². The number of carbonyl (C=O) groups excluding carboxylic acids is 1. The Labute approximate surface area is 140 Å². The fourth-order valence-electron chi connectivity index (χ4n) is 2.69. The van der Waals surface area contributed by atoms with E-state index in [1.807, 2.05) is 0 Å². The lowest BCUT2D eigenvalue weighted by atomic mass is 10.1. The highest BCUT2D eigenvalue weighted by Crippen LogP contribution is 2.44. The van der Waals surface area contributed by atoms with Crippen LogP contribution < -0.4 is 0 Å². The molecule has 126 valence electrons. The Morgan fingerprint density at radius 2 is 1.88 bits per heavy atom. The van der Waals surface area contributed by atoms with Gasteiger partial charge in [-0.1, -0.05) is 24.3 Å². The van der Waals surface area contributed by atoms with Crippen LogP contribution in [0.5, 0.6) is 0 Å². The van der Waals surface area contributed by atoms with Crippen LogP contribution in [0.4, 0.5) is 17.6 Å². The minimum atomic E-state index is -4.49. The van der Waals surface area contributed by atoms with Crippen molar-refractivity contribution < 1.29 is 22.4 Å². The number of benzene rings is 2. The highest BCUT2D eigenvalue weighted by molar-refractivity contribution is 7.99. The van der Waals surface area contributed by atoms with Gasteiger partial charge in [0, 0.05) is 17.9 Å². The maximum atomic E-state index is 13.3. The Balaban J connectivity index is 1.96. The summed E-state index contributed by atoms with van der Waals surface area (Å²) in [6, 6.07) is 10.4. The average molecular weight is 355 g/mol. The third kappa shape index (κ3) is 3.26. The summed E-state index contributed by atoms with van der Waals surface area (Å²) >= 11 is 1.27. The molecule has 2 nitrogen and oxygen atoms in total. The number of halogens is 4. The molecule has 1 unspecified atom stereocenters. The summed E-state index contributed by atoms with van der Waals surface area (Å²) in [6.07, 6.45) is -4.49. The number of nitrogens with zero attached hydrogens (tertiary/aromatic N) is 1. The summed E-state index contributed by atoms with van der Waals surface area (Å²) in [7, 11) is 0. The van der Waals surface area contributed by atoms with E-state index in [0.717, 1.165) is 12.1 Å². The normalized spacial score (nSPS) is 18.0. The van der Waals surface area contributed by atoms with E-state index < -0.39 is 28.8 Å². The monoisotopic (exact) mass is 355 g/mol. The molecule has 0 radical (unpaired) electrons. The van der Waals surface area contributed by atoms with Crippen molar-refractivity contribution in [1.82, 2.24) is 4.90 Å². The van der Waals surface area contributed by atoms with E-state index in [0.29, 0.717) is 12.3 Å². The summed E-state index contributed by atoms with van der Waals surface area (Å²) in [6.45, 7) is 0.316. The first-order chi connectivity index (χ1) is 11.4. The summed E-state index contributed by atoms with van der Waals surface area (Å²) in [5.41, 5.74) is -0.564. The first-order valence-electron chi connectivity index (χ1n) is 7.22. The summed E-state index contributed by atoms with van der Waals surface area (Å²) < 4.78 is 53.1. The van der Waals surface area contributed by atoms with Gasteiger partial charge in [0.2, 0.25) is 0 Å². The number of rotatable bonds is 2. The van der Waals surface area contributed by atoms with E-state index in [4.69, 9.17) is 0 Å². The van der Waals surface area contributed by atoms with Gasteiger partial charge in [-0.3, -0.25) is 4.79 Å². The second-order valence-electron chi connectivity index (χ2n) is 5.32. The SMILES string of the molecule is O=C(c1cccc(F)c1)N1CCSC1c1ccccc1C(F)(F)F. The molecule has 1 fully saturated rings. The van der Waals surface area contributed by atoms with Crippen LogP contribution in [0.15, 0.2) is 48.5 Å². The second kappa shape index (κ2) is 6.47. The Morgan fingerprint density at radius 3 is 2.58 bits per heavy atom. The Hall–Kier alpha value is -2.02. The lowest BCUT2D eigenvalue weighted by Crippen LogP contribution is -2.31. The Morgan fingerprint density at radius 1 is 1.12 bits per heavy atom. The molecule has 0 aromatic heterocycles. The molecule has 1 aliphatic heterocycles. The summed E-state index contributed by atoms with van der Waals surface area (Å²) in [5.74, 6) is -0.501. The van der Waals surface area contributed by atoms with Gasteiger partial charge in [-0.15, -0.1) is 11.8 Å². The molecular weight excluding hydrogens is 342 g/mol. The van der Waals surface area contributed by atoms with Crippen LogP contribution in [0, 0.1) is 5.82 Å². The fraction of sp³-hybridized carbons (Fsp3) is 0.235. The zero-order chi connectivity index (χ0) is 17.3. The largest absolute Gasteiger partial charge is 0.416 e. The van der Waals surface area contributed by atoms with Crippen LogP contribution in [0.1, 0.15) is 26.9 Å². The molecular formula is C17H13F4NOS. The molecule has 0 N–H and O–H groups in total. The van der Waals surface area contributed by atoms with E-state index in [1.54, 1.807) is 0 Å². The molecule has 2 aromatic carbocycles. The van der Waals surface area contributed by atoms with Gasteiger partial charge in [0.1, 0.15) is 11.2 Å². The summed E-state index contributed by atoms with van der Waals surface area (Å²) in [4.78, 5) is 14.0. The third-order valence-electron chi connectivity index (χ3n) is 3.76. The second-order valence-corrected chi connectivity index (χ2v) is 6.51. The van der Waals surface area contributed by atoms with Crippen molar-refractivity contribution in [3.05, 3.63) is 71.0 Å². The summed E-state index contributed by atoms with van der Waals surface area (Å²) in [5, 5.41) is -0.737. The van der Waals surface area contributed by atoms with E-state index in [1.165, 1.54) is 53.1 Å². The van der Waals surface area contributed by atoms with Gasteiger partial charge >= 0.3 is 6.18 Å². The van der Waals surface area contributed by atoms with Crippen LogP contribution in [0.2, 0.25) is 0 Å². The van der Waals surface area contributed by atoms with E-state index in [9.17, 15) is 22.4 Å². The lowest BCUT2D eigenvalue weighted by molar-refractivity contribution is -0.138. The molecule has 1 saturated heterocycles. The van der Waals surface area contributed by atoms with Crippen molar-refractivity contribution in [2.75, 3.05) is 12.3 Å². The molecule has 0 bridgehead atoms. The van der Waals surface area contributed by atoms with Crippen LogP contribution in [-0.4, -0.2) is 23.1 Å². The van der Waals surface area contributed by atoms with E-state index in [-0.39, 0.29) is 11.1 Å². The zero-order valence-corrected chi connectivity index (χ0v) is 13.2. The number of hydrogen-bond donors (Lipinski definition) is 0. The van der Waals surface area contributed by atoms with Crippen LogP contribution >= 0.6 is 11.8 Å². The molecule has 3 rings (SSSR count). The molecule has 1 aliphatic rings. The van der Waals surface area contributed by atoms with Crippen LogP contribution in [-0.2, 0) is 6.18 Å². The predicted octanol–water partition coefficient (Wildman–Crippen LogP) is 4.73. The van der Waals surface area contributed by atoms with Crippen molar-refractivity contribution in [2.45, 2.75) is 11.6 Å². The highest BCUT2D eigenvalue weighted by Gasteiger charge is 2.39. The quantitative estimate of drug-likeness (QED) is 0.726. The topological polar surface area (TPSA) is 20.3 Å². The van der Waals surface area contributed by atoms with Gasteiger partial charge in [-0.2, -0.15) is 13.2 Å². The number of carbonyl (C=O) groups is 1. The number of amides is 1. The minimum absolute atomic E-state index is 0.0530. The fourth-order valence-corrected chi connectivity index (χ4v) is 3.99. The molecule has 1 atom stereocenters. The molecule has 7 heteroatoms. The molecule has 1 heterocycles. The van der Waals surface area contributed by atoms with Gasteiger partial charge in [0.25, 0.3) is 5.91 Å². The van der Waals surface area contributed by atoms with Gasteiger partial charge in [0.15, 0.2) is 0 Å². The third-order valence-corrected chi connectivity index (χ3v) is 5.00. The standard InChI is InChI=1S/C17H13F4NOS/c18-12-5-3-4-11(10-12)15(23)22-8-9-24-16(22)13-6-1-2-7-14(13)17(19,20)21/h1-7,10,16H,8-9H2. The van der Waals surface area contributed by atoms with Gasteiger partial charge in [-0.05, 0) is 29.8 Å². The predicted molar refractivity (Wildman–Crippen MR) is 84.1 cm³/mol. The lowest BCUT2D eigenvalue weighted by Gasteiger charge is -2.26. The molecule has 1 amide bonds.